The first-order valence-corrected chi connectivity index (χ1v) is 5.27. The molecule has 86 valence electrons. The van der Waals surface area contributed by atoms with Crippen LogP contribution in [0, 0.1) is 5.82 Å². The fraction of sp³-hybridized carbons (Fsp3) is 0.0833. The molecule has 0 saturated heterocycles. The molecule has 3 nitrogen and oxygen atoms in total. The predicted molar refractivity (Wildman–Crippen MR) is 62.4 cm³/mol. The van der Waals surface area contributed by atoms with Crippen molar-refractivity contribution in [2.45, 2.75) is 6.92 Å². The molecule has 17 heavy (non-hydrogen) atoms. The number of hydrogen-bond donors (Lipinski definition) is 0. The summed E-state index contributed by atoms with van der Waals surface area (Å²) in [6.07, 6.45) is 0. The van der Waals surface area contributed by atoms with E-state index >= 15 is 0 Å². The Bertz CT molecular complexity index is 572. The van der Waals surface area contributed by atoms with Gasteiger partial charge >= 0.3 is 0 Å². The number of Topliss-reactive ketones (excluding diaryl/α,β-unsaturated/α-hetero) is 1. The van der Waals surface area contributed by atoms with Crippen LogP contribution >= 0.6 is 11.6 Å². The van der Waals surface area contributed by atoms with Crippen LogP contribution < -0.4 is 0 Å². The Balaban J connectivity index is 2.61. The minimum Gasteiger partial charge on any atom is -0.293 e. The number of hydrogen-bond acceptors (Lipinski definition) is 3. The van der Waals surface area contributed by atoms with E-state index in [-0.39, 0.29) is 16.7 Å². The molecule has 2 aromatic rings. The maximum absolute atomic E-state index is 13.5. The van der Waals surface area contributed by atoms with Gasteiger partial charge < -0.3 is 0 Å². The van der Waals surface area contributed by atoms with Gasteiger partial charge in [-0.15, -0.1) is 0 Å². The molecule has 1 aromatic carbocycles. The second-order valence-corrected chi connectivity index (χ2v) is 3.78. The van der Waals surface area contributed by atoms with Gasteiger partial charge in [0.1, 0.15) is 5.69 Å². The molecule has 0 radical (unpaired) electrons. The molecule has 0 unspecified atom stereocenters. The summed E-state index contributed by atoms with van der Waals surface area (Å²) < 4.78 is 13.5. The van der Waals surface area contributed by atoms with Crippen LogP contribution in [0.15, 0.2) is 30.3 Å². The van der Waals surface area contributed by atoms with Crippen LogP contribution in [-0.2, 0) is 0 Å². The third-order valence-corrected chi connectivity index (χ3v) is 2.43. The van der Waals surface area contributed by atoms with Gasteiger partial charge in [-0.2, -0.15) is 0 Å². The van der Waals surface area contributed by atoms with Crippen molar-refractivity contribution in [3.8, 4) is 11.4 Å². The first kappa shape index (κ1) is 11.7. The number of carbonyl (C=O) groups is 1. The summed E-state index contributed by atoms with van der Waals surface area (Å²) in [5, 5.41) is -0.343. The van der Waals surface area contributed by atoms with Gasteiger partial charge in [-0.1, -0.05) is 41.9 Å². The molecule has 5 heteroatoms. The monoisotopic (exact) mass is 250 g/mol. The minimum absolute atomic E-state index is 0.238. The van der Waals surface area contributed by atoms with Gasteiger partial charge in [0.15, 0.2) is 22.6 Å². The zero-order valence-electron chi connectivity index (χ0n) is 8.95. The Kier molecular flexibility index (Phi) is 3.15. The molecule has 0 aliphatic heterocycles. The summed E-state index contributed by atoms with van der Waals surface area (Å²) in [5.74, 6) is -1.12. The zero-order chi connectivity index (χ0) is 12.4. The molecular weight excluding hydrogens is 243 g/mol. The molecule has 0 N–H and O–H groups in total. The summed E-state index contributed by atoms with van der Waals surface area (Å²) in [7, 11) is 0. The second kappa shape index (κ2) is 4.59. The molecule has 0 amide bonds. The number of aromatic nitrogens is 2. The highest BCUT2D eigenvalue weighted by Gasteiger charge is 2.16. The van der Waals surface area contributed by atoms with Gasteiger partial charge in [-0.05, 0) is 0 Å². The van der Waals surface area contributed by atoms with Crippen LogP contribution in [0.2, 0.25) is 5.15 Å². The van der Waals surface area contributed by atoms with Gasteiger partial charge in [0, 0.05) is 12.5 Å². The number of halogens is 2. The molecule has 0 aliphatic rings. The van der Waals surface area contributed by atoms with E-state index in [4.69, 9.17) is 11.6 Å². The number of nitrogens with zero attached hydrogens (tertiary/aromatic N) is 2. The van der Waals surface area contributed by atoms with Crippen LogP contribution in [-0.4, -0.2) is 15.8 Å². The topological polar surface area (TPSA) is 42.9 Å². The van der Waals surface area contributed by atoms with Gasteiger partial charge in [-0.3, -0.25) is 4.79 Å². The van der Waals surface area contributed by atoms with Crippen LogP contribution in [0.4, 0.5) is 4.39 Å². The van der Waals surface area contributed by atoms with Crippen molar-refractivity contribution in [2.75, 3.05) is 0 Å². The molecule has 0 fully saturated rings. The fourth-order valence-electron chi connectivity index (χ4n) is 1.37. The average Bonchev–Trinajstić information content (AvgIpc) is 2.33. The second-order valence-electron chi connectivity index (χ2n) is 3.42. The third-order valence-electron chi connectivity index (χ3n) is 2.18. The van der Waals surface area contributed by atoms with Crippen molar-refractivity contribution >= 4 is 17.4 Å². The first-order chi connectivity index (χ1) is 8.09. The standard InChI is InChI=1S/C12H8ClFN2O/c1-7(17)10-9(14)11(13)16-12(15-10)8-5-3-2-4-6-8/h2-6H,1H3. The van der Waals surface area contributed by atoms with Crippen molar-refractivity contribution in [2.24, 2.45) is 0 Å². The smallest absolute Gasteiger partial charge is 0.189 e. The number of carbonyl (C=O) groups excluding carboxylic acids is 1. The van der Waals surface area contributed by atoms with Crippen molar-refractivity contribution in [3.63, 3.8) is 0 Å². The zero-order valence-corrected chi connectivity index (χ0v) is 9.70. The van der Waals surface area contributed by atoms with Crippen molar-refractivity contribution in [1.29, 1.82) is 0 Å². The van der Waals surface area contributed by atoms with Gasteiger partial charge in [0.2, 0.25) is 0 Å². The van der Waals surface area contributed by atoms with E-state index in [1.165, 1.54) is 6.92 Å². The Labute approximate surface area is 102 Å². The molecule has 1 heterocycles. The lowest BCUT2D eigenvalue weighted by Crippen LogP contribution is -2.05. The fourth-order valence-corrected chi connectivity index (χ4v) is 1.54. The van der Waals surface area contributed by atoms with Crippen LogP contribution in [0.3, 0.4) is 0 Å². The highest BCUT2D eigenvalue weighted by atomic mass is 35.5. The van der Waals surface area contributed by atoms with E-state index in [0.29, 0.717) is 5.56 Å². The third kappa shape index (κ3) is 2.31. The van der Waals surface area contributed by atoms with Gasteiger partial charge in [-0.25, -0.2) is 14.4 Å². The van der Waals surface area contributed by atoms with Crippen molar-refractivity contribution < 1.29 is 9.18 Å². The average molecular weight is 251 g/mol. The summed E-state index contributed by atoms with van der Waals surface area (Å²) >= 11 is 5.63. The Morgan fingerprint density at radius 3 is 2.47 bits per heavy atom. The van der Waals surface area contributed by atoms with Crippen molar-refractivity contribution in [3.05, 3.63) is 47.0 Å². The lowest BCUT2D eigenvalue weighted by Gasteiger charge is -2.04. The molecule has 2 rings (SSSR count). The van der Waals surface area contributed by atoms with E-state index in [0.717, 1.165) is 0 Å². The summed E-state index contributed by atoms with van der Waals surface area (Å²) in [5.41, 5.74) is 0.390. The number of benzene rings is 1. The first-order valence-electron chi connectivity index (χ1n) is 4.89. The molecule has 0 bridgehead atoms. The maximum Gasteiger partial charge on any atom is 0.189 e. The predicted octanol–water partition coefficient (Wildman–Crippen LogP) is 3.14. The Morgan fingerprint density at radius 2 is 1.88 bits per heavy atom. The Hall–Kier alpha value is -1.81. The van der Waals surface area contributed by atoms with E-state index in [9.17, 15) is 9.18 Å². The van der Waals surface area contributed by atoms with Gasteiger partial charge in [0.25, 0.3) is 0 Å². The van der Waals surface area contributed by atoms with E-state index < -0.39 is 11.6 Å². The lowest BCUT2D eigenvalue weighted by atomic mass is 10.2. The van der Waals surface area contributed by atoms with E-state index in [1.807, 2.05) is 6.07 Å². The van der Waals surface area contributed by atoms with Crippen LogP contribution in [0.25, 0.3) is 11.4 Å². The minimum atomic E-state index is -0.876. The molecule has 0 aliphatic carbocycles. The molecule has 0 saturated carbocycles. The molecule has 0 atom stereocenters. The molecule has 1 aromatic heterocycles. The summed E-state index contributed by atoms with van der Waals surface area (Å²) in [6, 6.07) is 8.94. The summed E-state index contributed by atoms with van der Waals surface area (Å²) in [6.45, 7) is 1.23. The Morgan fingerprint density at radius 1 is 1.24 bits per heavy atom. The molecular formula is C12H8ClFN2O. The maximum atomic E-state index is 13.5. The highest BCUT2D eigenvalue weighted by Crippen LogP contribution is 2.21. The van der Waals surface area contributed by atoms with Crippen LogP contribution in [0.5, 0.6) is 0 Å². The van der Waals surface area contributed by atoms with E-state index in [2.05, 4.69) is 9.97 Å². The quantitative estimate of drug-likeness (QED) is 0.607. The summed E-state index contributed by atoms with van der Waals surface area (Å²) in [4.78, 5) is 18.9. The molecule has 0 spiro atoms. The number of ketones is 1. The SMILES string of the molecule is CC(=O)c1nc(-c2ccccc2)nc(Cl)c1F. The van der Waals surface area contributed by atoms with Crippen LogP contribution in [0.1, 0.15) is 17.4 Å². The number of rotatable bonds is 2. The van der Waals surface area contributed by atoms with E-state index in [1.54, 1.807) is 24.3 Å². The lowest BCUT2D eigenvalue weighted by molar-refractivity contribution is 0.100. The largest absolute Gasteiger partial charge is 0.293 e. The highest BCUT2D eigenvalue weighted by molar-refractivity contribution is 6.30. The normalized spacial score (nSPS) is 10.3. The van der Waals surface area contributed by atoms with Gasteiger partial charge in [0.05, 0.1) is 0 Å². The van der Waals surface area contributed by atoms with Crippen molar-refractivity contribution in [1.82, 2.24) is 9.97 Å².